The van der Waals surface area contributed by atoms with Crippen LogP contribution < -0.4 is 0 Å². The Balaban J connectivity index is 1.11. The fourth-order valence-corrected chi connectivity index (χ4v) is 9.32. The molecule has 0 fully saturated rings. The van der Waals surface area contributed by atoms with Gasteiger partial charge in [0.25, 0.3) is 0 Å². The van der Waals surface area contributed by atoms with E-state index in [2.05, 4.69) is 146 Å². The Morgan fingerprint density at radius 3 is 1.36 bits per heavy atom. The van der Waals surface area contributed by atoms with E-state index >= 15 is 0 Å². The van der Waals surface area contributed by atoms with Crippen molar-refractivity contribution in [3.8, 4) is 22.8 Å². The molecule has 0 amide bonds. The summed E-state index contributed by atoms with van der Waals surface area (Å²) >= 11 is 0. The van der Waals surface area contributed by atoms with E-state index in [4.69, 9.17) is 15.0 Å². The molecule has 10 aromatic carbocycles. The smallest absolute Gasteiger partial charge is 0.163 e. The van der Waals surface area contributed by atoms with E-state index in [0.29, 0.717) is 11.6 Å². The molecule has 0 radical (unpaired) electrons. The first kappa shape index (κ1) is 31.2. The first-order valence-electron chi connectivity index (χ1n) is 19.4. The Morgan fingerprint density at radius 2 is 0.821 bits per heavy atom. The van der Waals surface area contributed by atoms with E-state index in [-0.39, 0.29) is 5.92 Å². The van der Waals surface area contributed by atoms with Crippen molar-refractivity contribution in [1.29, 1.82) is 0 Å². The molecular formula is C53H33N3. The van der Waals surface area contributed by atoms with Gasteiger partial charge in [-0.3, -0.25) is 0 Å². The Bertz CT molecular complexity index is 3290. The number of nitrogens with zero attached hydrogens (tertiary/aromatic N) is 3. The summed E-state index contributed by atoms with van der Waals surface area (Å²) < 4.78 is 0. The zero-order valence-electron chi connectivity index (χ0n) is 30.4. The largest absolute Gasteiger partial charge is 0.212 e. The fourth-order valence-electron chi connectivity index (χ4n) is 9.32. The van der Waals surface area contributed by atoms with Crippen LogP contribution in [0.2, 0.25) is 0 Å². The van der Waals surface area contributed by atoms with Crippen LogP contribution in [0.25, 0.3) is 98.6 Å². The van der Waals surface area contributed by atoms with Gasteiger partial charge in [-0.2, -0.15) is 0 Å². The summed E-state index contributed by atoms with van der Waals surface area (Å²) in [6.07, 6.45) is 5.60. The van der Waals surface area contributed by atoms with E-state index in [1.54, 1.807) is 0 Å². The monoisotopic (exact) mass is 711 g/mol. The highest BCUT2D eigenvalue weighted by atomic mass is 15.0. The Morgan fingerprint density at radius 1 is 0.375 bits per heavy atom. The normalized spacial score (nSPS) is 14.8. The zero-order chi connectivity index (χ0) is 36.7. The maximum absolute atomic E-state index is 5.27. The minimum atomic E-state index is -0.102. The molecule has 56 heavy (non-hydrogen) atoms. The number of aromatic nitrogens is 3. The van der Waals surface area contributed by atoms with Crippen molar-refractivity contribution in [3.63, 3.8) is 0 Å². The van der Waals surface area contributed by atoms with E-state index in [9.17, 15) is 0 Å². The molecule has 12 rings (SSSR count). The fraction of sp³-hybridized carbons (Fsp3) is 0.0377. The number of hydrogen-bond donors (Lipinski definition) is 0. The van der Waals surface area contributed by atoms with Crippen molar-refractivity contribution < 1.29 is 0 Å². The van der Waals surface area contributed by atoms with Gasteiger partial charge in [-0.05, 0) is 93.3 Å². The maximum Gasteiger partial charge on any atom is 0.163 e. The molecule has 1 aromatic heterocycles. The molecule has 0 N–H and O–H groups in total. The molecule has 1 atom stereocenters. The summed E-state index contributed by atoms with van der Waals surface area (Å²) in [5, 5.41) is 15.4. The highest BCUT2D eigenvalue weighted by molar-refractivity contribution is 6.26. The van der Waals surface area contributed by atoms with Gasteiger partial charge in [0.1, 0.15) is 5.82 Å². The van der Waals surface area contributed by atoms with Crippen molar-refractivity contribution in [2.75, 3.05) is 0 Å². The van der Waals surface area contributed by atoms with E-state index in [1.165, 1.54) is 86.9 Å². The molecule has 0 saturated heterocycles. The van der Waals surface area contributed by atoms with Crippen LogP contribution in [0.5, 0.6) is 0 Å². The third-order valence-electron chi connectivity index (χ3n) is 11.9. The molecule has 1 unspecified atom stereocenters. The molecule has 1 aliphatic carbocycles. The van der Waals surface area contributed by atoms with Gasteiger partial charge in [0.15, 0.2) is 11.6 Å². The van der Waals surface area contributed by atoms with Crippen molar-refractivity contribution in [1.82, 2.24) is 15.0 Å². The summed E-state index contributed by atoms with van der Waals surface area (Å²) in [6.45, 7) is 0. The van der Waals surface area contributed by atoms with Crippen LogP contribution in [0.3, 0.4) is 0 Å². The molecule has 3 nitrogen and oxygen atoms in total. The van der Waals surface area contributed by atoms with Crippen LogP contribution in [0.4, 0.5) is 0 Å². The van der Waals surface area contributed by atoms with E-state index < -0.39 is 0 Å². The lowest BCUT2D eigenvalue weighted by Gasteiger charge is -2.25. The molecule has 1 heterocycles. The van der Waals surface area contributed by atoms with Gasteiger partial charge in [0.2, 0.25) is 0 Å². The highest BCUT2D eigenvalue weighted by Crippen LogP contribution is 2.46. The van der Waals surface area contributed by atoms with Crippen LogP contribution in [-0.4, -0.2) is 15.0 Å². The number of hydrogen-bond acceptors (Lipinski definition) is 3. The summed E-state index contributed by atoms with van der Waals surface area (Å²) in [4.78, 5) is 15.6. The molecule has 11 aromatic rings. The highest BCUT2D eigenvalue weighted by Gasteiger charge is 2.26. The van der Waals surface area contributed by atoms with Gasteiger partial charge in [0.05, 0.1) is 0 Å². The molecular weight excluding hydrogens is 679 g/mol. The van der Waals surface area contributed by atoms with Crippen molar-refractivity contribution in [2.45, 2.75) is 12.3 Å². The third kappa shape index (κ3) is 4.81. The summed E-state index contributed by atoms with van der Waals surface area (Å²) in [5.74, 6) is 2.04. The molecule has 260 valence electrons. The van der Waals surface area contributed by atoms with Gasteiger partial charge < -0.3 is 0 Å². The van der Waals surface area contributed by atoms with Crippen molar-refractivity contribution in [2.24, 2.45) is 0 Å². The predicted molar refractivity (Wildman–Crippen MR) is 234 cm³/mol. The number of allylic oxidation sites excluding steroid dienone is 4. The first-order chi connectivity index (χ1) is 27.7. The van der Waals surface area contributed by atoms with Crippen LogP contribution in [0, 0.1) is 0 Å². The average Bonchev–Trinajstić information content (AvgIpc) is 3.27. The van der Waals surface area contributed by atoms with Gasteiger partial charge in [-0.25, -0.2) is 15.0 Å². The van der Waals surface area contributed by atoms with Gasteiger partial charge >= 0.3 is 0 Å². The summed E-state index contributed by atoms with van der Waals surface area (Å²) in [5.41, 5.74) is 6.88. The van der Waals surface area contributed by atoms with Gasteiger partial charge in [-0.15, -0.1) is 0 Å². The SMILES string of the molecule is C1=C(c2ccc3ccc4cccc5ccc2c3c45)C=C(c2ccc3ccc4cccc5ccc2c3c45)CC1c1nc(-c2ccccc2)nc(-c2ccccc2)n1. The second-order valence-electron chi connectivity index (χ2n) is 15.1. The minimum absolute atomic E-state index is 0.102. The van der Waals surface area contributed by atoms with Crippen LogP contribution in [-0.2, 0) is 0 Å². The van der Waals surface area contributed by atoms with Crippen molar-refractivity contribution >= 4 is 75.8 Å². The van der Waals surface area contributed by atoms with E-state index in [1.807, 2.05) is 36.4 Å². The number of rotatable bonds is 5. The molecule has 0 saturated carbocycles. The average molecular weight is 712 g/mol. The standard InChI is InChI=1S/C53H33N3/c1-3-9-38(10-4-1)51-54-52(39-11-5-2-6-12-39)56-53(55-51)42-30-40(43-25-21-36-19-17-32-13-7-15-34-23-27-45(43)49(36)47(32)34)29-41(31-42)44-26-22-37-20-18-33-14-8-16-35-24-28-46(44)50(37)48(33)35/h1-30,42H,31H2. The van der Waals surface area contributed by atoms with Crippen molar-refractivity contribution in [3.05, 3.63) is 199 Å². The summed E-state index contributed by atoms with van der Waals surface area (Å²) in [6, 6.07) is 61.3. The number of benzene rings is 10. The molecule has 0 bridgehead atoms. The predicted octanol–water partition coefficient (Wildman–Crippen LogP) is 13.7. The Hall–Kier alpha value is -7.23. The second kappa shape index (κ2) is 12.1. The molecule has 1 aliphatic rings. The second-order valence-corrected chi connectivity index (χ2v) is 15.1. The van der Waals surface area contributed by atoms with E-state index in [0.717, 1.165) is 23.4 Å². The Labute approximate surface area is 323 Å². The molecule has 0 aliphatic heterocycles. The quantitative estimate of drug-likeness (QED) is 0.167. The van der Waals surface area contributed by atoms with Crippen LogP contribution in [0.1, 0.15) is 29.3 Å². The zero-order valence-corrected chi connectivity index (χ0v) is 30.4. The maximum atomic E-state index is 5.27. The molecule has 0 spiro atoms. The lowest BCUT2D eigenvalue weighted by Crippen LogP contribution is -2.11. The lowest BCUT2D eigenvalue weighted by atomic mass is 9.80. The first-order valence-corrected chi connectivity index (χ1v) is 19.4. The Kier molecular flexibility index (Phi) is 6.75. The molecule has 3 heteroatoms. The third-order valence-corrected chi connectivity index (χ3v) is 11.9. The minimum Gasteiger partial charge on any atom is -0.212 e. The van der Waals surface area contributed by atoms with Crippen LogP contribution in [0.15, 0.2) is 182 Å². The van der Waals surface area contributed by atoms with Gasteiger partial charge in [0, 0.05) is 17.0 Å². The van der Waals surface area contributed by atoms with Gasteiger partial charge in [-0.1, -0.05) is 182 Å². The lowest BCUT2D eigenvalue weighted by molar-refractivity contribution is 0.775. The topological polar surface area (TPSA) is 38.7 Å². The van der Waals surface area contributed by atoms with Crippen LogP contribution >= 0.6 is 0 Å². The summed E-state index contributed by atoms with van der Waals surface area (Å²) in [7, 11) is 0.